The van der Waals surface area contributed by atoms with Gasteiger partial charge in [-0.3, -0.25) is 9.78 Å². The number of fused-ring (bicyclic) bond motifs is 1. The van der Waals surface area contributed by atoms with Crippen molar-refractivity contribution in [3.8, 4) is 5.69 Å². The Kier molecular flexibility index (Phi) is 5.22. The molecule has 0 aliphatic carbocycles. The van der Waals surface area contributed by atoms with Crippen LogP contribution in [-0.4, -0.2) is 56.2 Å². The molecule has 1 aliphatic heterocycles. The minimum Gasteiger partial charge on any atom is -0.480 e. The number of aliphatic carboxylic acids is 1. The molecule has 1 fully saturated rings. The lowest BCUT2D eigenvalue weighted by molar-refractivity contribution is -0.142. The SMILES string of the molecule is Cc1c(C(=O)NC(C(=O)O)C2CCCOC2)nnn1-c1ccc2ncccc2c1. The predicted octanol–water partition coefficient (Wildman–Crippen LogP) is 1.73. The highest BCUT2D eigenvalue weighted by molar-refractivity contribution is 5.96. The van der Waals surface area contributed by atoms with Gasteiger partial charge >= 0.3 is 5.97 Å². The largest absolute Gasteiger partial charge is 0.480 e. The minimum atomic E-state index is -1.08. The van der Waals surface area contributed by atoms with Crippen molar-refractivity contribution < 1.29 is 19.4 Å². The van der Waals surface area contributed by atoms with Crippen molar-refractivity contribution in [3.63, 3.8) is 0 Å². The predicted molar refractivity (Wildman–Crippen MR) is 104 cm³/mol. The Hall–Kier alpha value is -3.33. The Morgan fingerprint density at radius 2 is 2.21 bits per heavy atom. The molecule has 2 unspecified atom stereocenters. The normalized spacial score (nSPS) is 17.8. The van der Waals surface area contributed by atoms with E-state index in [9.17, 15) is 14.7 Å². The number of hydrogen-bond acceptors (Lipinski definition) is 6. The highest BCUT2D eigenvalue weighted by Gasteiger charge is 2.32. The third-order valence-electron chi connectivity index (χ3n) is 5.16. The van der Waals surface area contributed by atoms with E-state index in [0.29, 0.717) is 25.3 Å². The van der Waals surface area contributed by atoms with Crippen LogP contribution >= 0.6 is 0 Å². The summed E-state index contributed by atoms with van der Waals surface area (Å²) in [7, 11) is 0. The summed E-state index contributed by atoms with van der Waals surface area (Å²) >= 11 is 0. The summed E-state index contributed by atoms with van der Waals surface area (Å²) < 4.78 is 6.93. The topological polar surface area (TPSA) is 119 Å². The first-order valence-electron chi connectivity index (χ1n) is 9.43. The lowest BCUT2D eigenvalue weighted by Crippen LogP contribution is -2.48. The van der Waals surface area contributed by atoms with E-state index >= 15 is 0 Å². The molecule has 0 bridgehead atoms. The third kappa shape index (κ3) is 3.81. The number of hydrogen-bond donors (Lipinski definition) is 2. The second kappa shape index (κ2) is 7.96. The first kappa shape index (κ1) is 19.0. The van der Waals surface area contributed by atoms with Crippen molar-refractivity contribution in [2.24, 2.45) is 5.92 Å². The molecule has 2 aromatic heterocycles. The van der Waals surface area contributed by atoms with Gasteiger partial charge < -0.3 is 15.2 Å². The Labute approximate surface area is 166 Å². The highest BCUT2D eigenvalue weighted by atomic mass is 16.5. The number of carboxylic acids is 1. The van der Waals surface area contributed by atoms with E-state index in [1.54, 1.807) is 17.8 Å². The lowest BCUT2D eigenvalue weighted by Gasteiger charge is -2.27. The molecular weight excluding hydrogens is 374 g/mol. The molecule has 0 spiro atoms. The average Bonchev–Trinajstić information content (AvgIpc) is 3.13. The van der Waals surface area contributed by atoms with Crippen LogP contribution in [0.15, 0.2) is 36.5 Å². The Balaban J connectivity index is 1.58. The minimum absolute atomic E-state index is 0.0965. The molecule has 0 radical (unpaired) electrons. The number of nitrogens with one attached hydrogen (secondary N) is 1. The lowest BCUT2D eigenvalue weighted by atomic mass is 9.93. The summed E-state index contributed by atoms with van der Waals surface area (Å²) in [6.45, 7) is 2.65. The van der Waals surface area contributed by atoms with E-state index in [1.807, 2.05) is 30.3 Å². The molecule has 1 aliphatic rings. The molecule has 9 heteroatoms. The van der Waals surface area contributed by atoms with Crippen LogP contribution in [-0.2, 0) is 9.53 Å². The van der Waals surface area contributed by atoms with Gasteiger partial charge in [0.15, 0.2) is 5.69 Å². The van der Waals surface area contributed by atoms with E-state index in [-0.39, 0.29) is 11.6 Å². The Bertz CT molecular complexity index is 1060. The van der Waals surface area contributed by atoms with Gasteiger partial charge in [0.2, 0.25) is 0 Å². The Morgan fingerprint density at radius 3 is 2.97 bits per heavy atom. The number of nitrogens with zero attached hydrogens (tertiary/aromatic N) is 4. The van der Waals surface area contributed by atoms with Crippen LogP contribution in [0.25, 0.3) is 16.6 Å². The van der Waals surface area contributed by atoms with E-state index in [0.717, 1.165) is 23.0 Å². The van der Waals surface area contributed by atoms with Crippen molar-refractivity contribution in [3.05, 3.63) is 47.9 Å². The zero-order valence-electron chi connectivity index (χ0n) is 15.9. The summed E-state index contributed by atoms with van der Waals surface area (Å²) in [5.74, 6) is -1.91. The standard InChI is InChI=1S/C20H21N5O4/c1-12-17(19(26)22-18(20(27)28)14-5-3-9-29-11-14)23-24-25(12)15-6-7-16-13(10-15)4-2-8-21-16/h2,4,6-8,10,14,18H,3,5,9,11H2,1H3,(H,22,26)(H,27,28). The number of ether oxygens (including phenoxy) is 1. The zero-order valence-corrected chi connectivity index (χ0v) is 15.9. The molecule has 4 rings (SSSR count). The number of carbonyl (C=O) groups excluding carboxylic acids is 1. The quantitative estimate of drug-likeness (QED) is 0.675. The maximum absolute atomic E-state index is 12.7. The van der Waals surface area contributed by atoms with Gasteiger partial charge in [0.05, 0.1) is 23.5 Å². The summed E-state index contributed by atoms with van der Waals surface area (Å²) in [6.07, 6.45) is 3.19. The van der Waals surface area contributed by atoms with Crippen LogP contribution in [0.3, 0.4) is 0 Å². The fourth-order valence-electron chi connectivity index (χ4n) is 3.60. The summed E-state index contributed by atoms with van der Waals surface area (Å²) in [4.78, 5) is 28.7. The number of aromatic nitrogens is 4. The van der Waals surface area contributed by atoms with Gasteiger partial charge in [-0.25, -0.2) is 9.48 Å². The number of carboxylic acid groups (broad SMARTS) is 1. The third-order valence-corrected chi connectivity index (χ3v) is 5.16. The van der Waals surface area contributed by atoms with Crippen LogP contribution in [0.4, 0.5) is 0 Å². The van der Waals surface area contributed by atoms with Crippen LogP contribution in [0.2, 0.25) is 0 Å². The van der Waals surface area contributed by atoms with Crippen LogP contribution in [0, 0.1) is 12.8 Å². The summed E-state index contributed by atoms with van der Waals surface area (Å²) in [5.41, 5.74) is 2.21. The molecule has 150 valence electrons. The van der Waals surface area contributed by atoms with Crippen LogP contribution in [0.1, 0.15) is 29.0 Å². The maximum Gasteiger partial charge on any atom is 0.326 e. The number of pyridine rings is 1. The van der Waals surface area contributed by atoms with E-state index in [2.05, 4.69) is 20.6 Å². The monoisotopic (exact) mass is 395 g/mol. The van der Waals surface area contributed by atoms with Gasteiger partial charge in [-0.1, -0.05) is 11.3 Å². The second-order valence-electron chi connectivity index (χ2n) is 7.08. The molecule has 3 heterocycles. The van der Waals surface area contributed by atoms with Gasteiger partial charge in [0, 0.05) is 24.1 Å². The van der Waals surface area contributed by atoms with E-state index in [1.165, 1.54) is 0 Å². The van der Waals surface area contributed by atoms with Crippen molar-refractivity contribution in [1.82, 2.24) is 25.3 Å². The van der Waals surface area contributed by atoms with Crippen molar-refractivity contribution >= 4 is 22.8 Å². The molecule has 1 saturated heterocycles. The molecule has 29 heavy (non-hydrogen) atoms. The smallest absolute Gasteiger partial charge is 0.326 e. The Morgan fingerprint density at radius 1 is 1.34 bits per heavy atom. The number of carbonyl (C=O) groups is 2. The second-order valence-corrected chi connectivity index (χ2v) is 7.08. The number of amides is 1. The molecule has 3 aromatic rings. The van der Waals surface area contributed by atoms with Gasteiger partial charge in [-0.15, -0.1) is 5.10 Å². The number of rotatable bonds is 5. The average molecular weight is 395 g/mol. The molecule has 1 amide bonds. The fourth-order valence-corrected chi connectivity index (χ4v) is 3.60. The summed E-state index contributed by atoms with van der Waals surface area (Å²) in [6, 6.07) is 8.38. The first-order chi connectivity index (χ1) is 14.0. The molecule has 2 N–H and O–H groups in total. The van der Waals surface area contributed by atoms with Crippen molar-refractivity contribution in [2.45, 2.75) is 25.8 Å². The van der Waals surface area contributed by atoms with Gasteiger partial charge in [-0.05, 0) is 44.0 Å². The number of benzene rings is 1. The molecule has 1 aromatic carbocycles. The zero-order chi connectivity index (χ0) is 20.4. The van der Waals surface area contributed by atoms with E-state index < -0.39 is 17.9 Å². The van der Waals surface area contributed by atoms with Crippen LogP contribution < -0.4 is 5.32 Å². The van der Waals surface area contributed by atoms with Crippen molar-refractivity contribution in [2.75, 3.05) is 13.2 Å². The molecule has 2 atom stereocenters. The molecule has 9 nitrogen and oxygen atoms in total. The van der Waals surface area contributed by atoms with Gasteiger partial charge in [-0.2, -0.15) is 0 Å². The highest BCUT2D eigenvalue weighted by Crippen LogP contribution is 2.20. The van der Waals surface area contributed by atoms with Gasteiger partial charge in [0.25, 0.3) is 5.91 Å². The van der Waals surface area contributed by atoms with Gasteiger partial charge in [0.1, 0.15) is 6.04 Å². The maximum atomic E-state index is 12.7. The van der Waals surface area contributed by atoms with Crippen LogP contribution in [0.5, 0.6) is 0 Å². The fraction of sp³-hybridized carbons (Fsp3) is 0.350. The molecular formula is C20H21N5O4. The first-order valence-corrected chi connectivity index (χ1v) is 9.43. The summed E-state index contributed by atoms with van der Waals surface area (Å²) in [5, 5.41) is 21.2. The van der Waals surface area contributed by atoms with Crippen molar-refractivity contribution in [1.29, 1.82) is 0 Å². The molecule has 0 saturated carbocycles. The van der Waals surface area contributed by atoms with E-state index in [4.69, 9.17) is 4.74 Å².